The van der Waals surface area contributed by atoms with E-state index in [0.29, 0.717) is 13.0 Å². The fraction of sp³-hybridized carbons (Fsp3) is 0.333. The summed E-state index contributed by atoms with van der Waals surface area (Å²) in [6.45, 7) is 3.44. The highest BCUT2D eigenvalue weighted by molar-refractivity contribution is 5.97. The molecule has 18 heavy (non-hydrogen) atoms. The van der Waals surface area contributed by atoms with Crippen LogP contribution in [-0.2, 0) is 14.3 Å². The normalized spacial score (nSPS) is 12.3. The number of carbonyl (C=O) groups is 2. The SMILES string of the molecule is CCOC(=O)[C@H](C/C=C/c1ccccc1)C(C)=O. The molecule has 0 fully saturated rings. The number of Topliss-reactive ketones (excluding diaryl/α,β-unsaturated/α-hetero) is 1. The van der Waals surface area contributed by atoms with Crippen molar-refractivity contribution in [3.8, 4) is 0 Å². The molecule has 96 valence electrons. The molecule has 1 aromatic rings. The molecule has 0 spiro atoms. The van der Waals surface area contributed by atoms with E-state index in [1.165, 1.54) is 6.92 Å². The minimum Gasteiger partial charge on any atom is -0.465 e. The van der Waals surface area contributed by atoms with Crippen LogP contribution in [0.3, 0.4) is 0 Å². The van der Waals surface area contributed by atoms with Crippen LogP contribution >= 0.6 is 0 Å². The summed E-state index contributed by atoms with van der Waals surface area (Å²) in [5.41, 5.74) is 1.05. The number of rotatable bonds is 6. The monoisotopic (exact) mass is 246 g/mol. The molecule has 1 aromatic carbocycles. The fourth-order valence-electron chi connectivity index (χ4n) is 1.58. The lowest BCUT2D eigenvalue weighted by Gasteiger charge is -2.09. The molecule has 0 radical (unpaired) electrons. The predicted octanol–water partition coefficient (Wildman–Crippen LogP) is 2.86. The number of allylic oxidation sites excluding steroid dienone is 1. The Morgan fingerprint density at radius 3 is 2.50 bits per heavy atom. The van der Waals surface area contributed by atoms with Crippen molar-refractivity contribution in [2.75, 3.05) is 6.61 Å². The van der Waals surface area contributed by atoms with E-state index in [1.54, 1.807) is 6.92 Å². The zero-order valence-electron chi connectivity index (χ0n) is 10.8. The van der Waals surface area contributed by atoms with Crippen LogP contribution in [-0.4, -0.2) is 18.4 Å². The van der Waals surface area contributed by atoms with E-state index < -0.39 is 11.9 Å². The number of hydrogen-bond acceptors (Lipinski definition) is 3. The predicted molar refractivity (Wildman–Crippen MR) is 70.9 cm³/mol. The summed E-state index contributed by atoms with van der Waals surface area (Å²) < 4.78 is 4.87. The van der Waals surface area contributed by atoms with Gasteiger partial charge in [-0.3, -0.25) is 9.59 Å². The molecule has 1 atom stereocenters. The van der Waals surface area contributed by atoms with Gasteiger partial charge in [-0.2, -0.15) is 0 Å². The highest BCUT2D eigenvalue weighted by Crippen LogP contribution is 2.10. The Balaban J connectivity index is 2.60. The fourth-order valence-corrected chi connectivity index (χ4v) is 1.58. The van der Waals surface area contributed by atoms with Gasteiger partial charge in [-0.15, -0.1) is 0 Å². The third kappa shape index (κ3) is 4.53. The average molecular weight is 246 g/mol. The number of ether oxygens (including phenoxy) is 1. The van der Waals surface area contributed by atoms with E-state index in [2.05, 4.69) is 0 Å². The second-order valence-corrected chi connectivity index (χ2v) is 3.96. The van der Waals surface area contributed by atoms with Gasteiger partial charge < -0.3 is 4.74 Å². The third-order valence-electron chi connectivity index (χ3n) is 2.54. The molecule has 0 saturated heterocycles. The second-order valence-electron chi connectivity index (χ2n) is 3.96. The molecule has 0 heterocycles. The van der Waals surface area contributed by atoms with Crippen LogP contribution in [0, 0.1) is 5.92 Å². The summed E-state index contributed by atoms with van der Waals surface area (Å²) in [5.74, 6) is -1.29. The highest BCUT2D eigenvalue weighted by Gasteiger charge is 2.22. The number of hydrogen-bond donors (Lipinski definition) is 0. The molecule has 0 aliphatic rings. The lowest BCUT2D eigenvalue weighted by molar-refractivity contribution is -0.150. The van der Waals surface area contributed by atoms with Gasteiger partial charge in [-0.1, -0.05) is 42.5 Å². The lowest BCUT2D eigenvalue weighted by Crippen LogP contribution is -2.23. The van der Waals surface area contributed by atoms with Crippen LogP contribution in [0.25, 0.3) is 6.08 Å². The quantitative estimate of drug-likeness (QED) is 0.572. The molecule has 3 heteroatoms. The summed E-state index contributed by atoms with van der Waals surface area (Å²) in [5, 5.41) is 0. The van der Waals surface area contributed by atoms with Gasteiger partial charge in [0.05, 0.1) is 6.61 Å². The summed E-state index contributed by atoms with van der Waals surface area (Å²) in [7, 11) is 0. The van der Waals surface area contributed by atoms with Gasteiger partial charge in [0.2, 0.25) is 0 Å². The van der Waals surface area contributed by atoms with Crippen LogP contribution in [0.4, 0.5) is 0 Å². The molecular formula is C15H18O3. The van der Waals surface area contributed by atoms with Crippen molar-refractivity contribution >= 4 is 17.8 Å². The minimum atomic E-state index is -0.690. The van der Waals surface area contributed by atoms with Crippen molar-refractivity contribution in [3.05, 3.63) is 42.0 Å². The maximum Gasteiger partial charge on any atom is 0.316 e. The van der Waals surface area contributed by atoms with Crippen LogP contribution in [0.2, 0.25) is 0 Å². The van der Waals surface area contributed by atoms with E-state index in [0.717, 1.165) is 5.56 Å². The lowest BCUT2D eigenvalue weighted by atomic mass is 10.0. The van der Waals surface area contributed by atoms with Crippen molar-refractivity contribution in [2.45, 2.75) is 20.3 Å². The Bertz CT molecular complexity index is 421. The third-order valence-corrected chi connectivity index (χ3v) is 2.54. The summed E-state index contributed by atoms with van der Waals surface area (Å²) in [6.07, 6.45) is 4.11. The first-order chi connectivity index (χ1) is 8.65. The van der Waals surface area contributed by atoms with Gasteiger partial charge in [-0.25, -0.2) is 0 Å². The van der Waals surface area contributed by atoms with Gasteiger partial charge in [0.15, 0.2) is 0 Å². The van der Waals surface area contributed by atoms with Crippen LogP contribution in [0.1, 0.15) is 25.8 Å². The second kappa shape index (κ2) is 7.43. The molecule has 0 saturated carbocycles. The van der Waals surface area contributed by atoms with E-state index >= 15 is 0 Å². The van der Waals surface area contributed by atoms with Crippen molar-refractivity contribution < 1.29 is 14.3 Å². The summed E-state index contributed by atoms with van der Waals surface area (Å²) in [6, 6.07) is 9.74. The van der Waals surface area contributed by atoms with E-state index in [4.69, 9.17) is 4.74 Å². The zero-order chi connectivity index (χ0) is 13.4. The first kappa shape index (κ1) is 14.2. The first-order valence-corrected chi connectivity index (χ1v) is 6.03. The molecule has 1 rings (SSSR count). The number of esters is 1. The maximum atomic E-state index is 11.6. The minimum absolute atomic E-state index is 0.161. The van der Waals surface area contributed by atoms with Gasteiger partial charge in [0.25, 0.3) is 0 Å². The Kier molecular flexibility index (Phi) is 5.85. The number of benzene rings is 1. The molecule has 0 bridgehead atoms. The largest absolute Gasteiger partial charge is 0.465 e. The van der Waals surface area contributed by atoms with Gasteiger partial charge >= 0.3 is 5.97 Å². The topological polar surface area (TPSA) is 43.4 Å². The van der Waals surface area contributed by atoms with E-state index in [-0.39, 0.29) is 5.78 Å². The van der Waals surface area contributed by atoms with Crippen molar-refractivity contribution in [1.29, 1.82) is 0 Å². The smallest absolute Gasteiger partial charge is 0.316 e. The molecule has 0 aliphatic heterocycles. The Hall–Kier alpha value is -1.90. The Morgan fingerprint density at radius 2 is 1.94 bits per heavy atom. The van der Waals surface area contributed by atoms with Crippen LogP contribution < -0.4 is 0 Å². The van der Waals surface area contributed by atoms with Crippen LogP contribution in [0.5, 0.6) is 0 Å². The molecule has 0 amide bonds. The van der Waals surface area contributed by atoms with Gasteiger partial charge in [0.1, 0.15) is 11.7 Å². The van der Waals surface area contributed by atoms with E-state index in [1.807, 2.05) is 42.5 Å². The average Bonchev–Trinajstić information content (AvgIpc) is 2.35. The van der Waals surface area contributed by atoms with Crippen molar-refractivity contribution in [2.24, 2.45) is 5.92 Å². The molecule has 0 N–H and O–H groups in total. The number of carbonyl (C=O) groups excluding carboxylic acids is 2. The molecule has 0 aromatic heterocycles. The standard InChI is InChI=1S/C15H18O3/c1-3-18-15(17)14(12(2)16)11-7-10-13-8-5-4-6-9-13/h4-10,14H,3,11H2,1-2H3/b10-7+/t14-/m1/s1. The molecule has 0 aliphatic carbocycles. The molecular weight excluding hydrogens is 228 g/mol. The summed E-state index contributed by atoms with van der Waals surface area (Å²) >= 11 is 0. The molecule has 3 nitrogen and oxygen atoms in total. The zero-order valence-corrected chi connectivity index (χ0v) is 10.8. The van der Waals surface area contributed by atoms with Crippen molar-refractivity contribution in [1.82, 2.24) is 0 Å². The van der Waals surface area contributed by atoms with Gasteiger partial charge in [0, 0.05) is 0 Å². The van der Waals surface area contributed by atoms with E-state index in [9.17, 15) is 9.59 Å². The van der Waals surface area contributed by atoms with Gasteiger partial charge in [-0.05, 0) is 25.8 Å². The first-order valence-electron chi connectivity index (χ1n) is 6.03. The Morgan fingerprint density at radius 1 is 1.28 bits per heavy atom. The summed E-state index contributed by atoms with van der Waals surface area (Å²) in [4.78, 5) is 22.9. The molecule has 0 unspecified atom stereocenters. The number of ketones is 1. The van der Waals surface area contributed by atoms with Crippen molar-refractivity contribution in [3.63, 3.8) is 0 Å². The highest BCUT2D eigenvalue weighted by atomic mass is 16.5. The Labute approximate surface area is 107 Å². The van der Waals surface area contributed by atoms with Crippen LogP contribution in [0.15, 0.2) is 36.4 Å². The maximum absolute atomic E-state index is 11.6.